The fourth-order valence-corrected chi connectivity index (χ4v) is 3.58. The maximum atomic E-state index is 5.34. The number of aromatic nitrogens is 2. The smallest absolute Gasteiger partial charge is 0.121 e. The molecule has 4 nitrogen and oxygen atoms in total. The Kier molecular flexibility index (Phi) is 3.89. The van der Waals surface area contributed by atoms with Crippen LogP contribution in [0, 0.1) is 0 Å². The largest absolute Gasteiger partial charge is 0.497 e. The molecule has 2 heterocycles. The number of benzene rings is 1. The van der Waals surface area contributed by atoms with Crippen LogP contribution in [0.5, 0.6) is 5.75 Å². The Balaban J connectivity index is 2.16. The van der Waals surface area contributed by atoms with Crippen molar-refractivity contribution in [1.29, 1.82) is 0 Å². The minimum absolute atomic E-state index is 0.167. The summed E-state index contributed by atoms with van der Waals surface area (Å²) in [6.07, 6.45) is 3.57. The van der Waals surface area contributed by atoms with E-state index in [1.165, 1.54) is 24.2 Å². The Bertz CT molecular complexity index is 626. The van der Waals surface area contributed by atoms with Crippen LogP contribution in [-0.4, -0.2) is 29.8 Å². The Morgan fingerprint density at radius 3 is 2.86 bits per heavy atom. The molecule has 21 heavy (non-hydrogen) atoms. The van der Waals surface area contributed by atoms with Crippen LogP contribution >= 0.6 is 0 Å². The van der Waals surface area contributed by atoms with Gasteiger partial charge in [-0.2, -0.15) is 0 Å². The van der Waals surface area contributed by atoms with E-state index in [2.05, 4.69) is 29.8 Å². The van der Waals surface area contributed by atoms with Crippen molar-refractivity contribution in [2.24, 2.45) is 0 Å². The lowest BCUT2D eigenvalue weighted by molar-refractivity contribution is 0.280. The van der Waals surface area contributed by atoms with Crippen LogP contribution in [0.2, 0.25) is 0 Å². The molecule has 1 unspecified atom stereocenters. The molecule has 1 N–H and O–H groups in total. The standard InChI is InChI=1S/C17H25N3O/c1-4-17(9-6-10-18-12-17)16-19-14-11-13(21-3)7-8-15(14)20(16)5-2/h7-8,11,18H,4-6,9-10,12H2,1-3H3. The second-order valence-corrected chi connectivity index (χ2v) is 5.95. The number of imidazole rings is 1. The molecule has 0 saturated carbocycles. The predicted octanol–water partition coefficient (Wildman–Crippen LogP) is 3.10. The third-order valence-electron chi connectivity index (χ3n) is 4.90. The van der Waals surface area contributed by atoms with Gasteiger partial charge in [0.25, 0.3) is 0 Å². The number of aryl methyl sites for hydroxylation is 1. The Morgan fingerprint density at radius 2 is 2.24 bits per heavy atom. The van der Waals surface area contributed by atoms with Gasteiger partial charge in [-0.15, -0.1) is 0 Å². The van der Waals surface area contributed by atoms with Gasteiger partial charge < -0.3 is 14.6 Å². The van der Waals surface area contributed by atoms with Crippen LogP contribution in [0.4, 0.5) is 0 Å². The fourth-order valence-electron chi connectivity index (χ4n) is 3.58. The summed E-state index contributed by atoms with van der Waals surface area (Å²) in [6, 6.07) is 6.20. The van der Waals surface area contributed by atoms with Crippen LogP contribution < -0.4 is 10.1 Å². The Hall–Kier alpha value is -1.55. The first-order valence-corrected chi connectivity index (χ1v) is 7.99. The van der Waals surface area contributed by atoms with Crippen LogP contribution in [0.25, 0.3) is 11.0 Å². The van der Waals surface area contributed by atoms with Crippen LogP contribution in [0.1, 0.15) is 38.9 Å². The van der Waals surface area contributed by atoms with Crippen molar-refractivity contribution in [2.45, 2.75) is 45.1 Å². The number of hydrogen-bond acceptors (Lipinski definition) is 3. The molecule has 0 aliphatic carbocycles. The van der Waals surface area contributed by atoms with Crippen molar-refractivity contribution >= 4 is 11.0 Å². The summed E-state index contributed by atoms with van der Waals surface area (Å²) >= 11 is 0. The molecule has 4 heteroatoms. The number of hydrogen-bond donors (Lipinski definition) is 1. The van der Waals surface area contributed by atoms with Crippen molar-refractivity contribution in [1.82, 2.24) is 14.9 Å². The zero-order valence-corrected chi connectivity index (χ0v) is 13.3. The number of nitrogens with one attached hydrogen (secondary N) is 1. The molecule has 0 radical (unpaired) electrons. The average molecular weight is 287 g/mol. The van der Waals surface area contributed by atoms with E-state index in [-0.39, 0.29) is 5.41 Å². The highest BCUT2D eigenvalue weighted by atomic mass is 16.5. The van der Waals surface area contributed by atoms with Crippen LogP contribution in [0.3, 0.4) is 0 Å². The number of ether oxygens (including phenoxy) is 1. The second-order valence-electron chi connectivity index (χ2n) is 5.95. The summed E-state index contributed by atoms with van der Waals surface area (Å²) in [6.45, 7) is 7.60. The lowest BCUT2D eigenvalue weighted by Crippen LogP contribution is -2.44. The molecule has 1 saturated heterocycles. The van der Waals surface area contributed by atoms with Gasteiger partial charge >= 0.3 is 0 Å². The van der Waals surface area contributed by atoms with Gasteiger partial charge in [-0.1, -0.05) is 6.92 Å². The second kappa shape index (κ2) is 5.68. The van der Waals surface area contributed by atoms with Crippen molar-refractivity contribution in [3.63, 3.8) is 0 Å². The van der Waals surface area contributed by atoms with Gasteiger partial charge in [0, 0.05) is 24.6 Å². The molecule has 0 spiro atoms. The molecular formula is C17H25N3O. The molecule has 0 bridgehead atoms. The van der Waals surface area contributed by atoms with E-state index < -0.39 is 0 Å². The van der Waals surface area contributed by atoms with Gasteiger partial charge in [0.15, 0.2) is 0 Å². The quantitative estimate of drug-likeness (QED) is 0.939. The van der Waals surface area contributed by atoms with E-state index in [1.54, 1.807) is 7.11 Å². The van der Waals surface area contributed by atoms with Gasteiger partial charge in [0.1, 0.15) is 11.6 Å². The number of fused-ring (bicyclic) bond motifs is 1. The Morgan fingerprint density at radius 1 is 1.38 bits per heavy atom. The Labute approximate surface area is 126 Å². The van der Waals surface area contributed by atoms with E-state index in [0.29, 0.717) is 0 Å². The lowest BCUT2D eigenvalue weighted by Gasteiger charge is -2.36. The van der Waals surface area contributed by atoms with Gasteiger partial charge in [-0.05, 0) is 44.9 Å². The maximum Gasteiger partial charge on any atom is 0.121 e. The summed E-state index contributed by atoms with van der Waals surface area (Å²) in [4.78, 5) is 5.00. The molecular weight excluding hydrogens is 262 g/mol. The van der Waals surface area contributed by atoms with Crippen molar-refractivity contribution in [2.75, 3.05) is 20.2 Å². The SMILES string of the molecule is CCn1c(C2(CC)CCCNC2)nc2cc(OC)ccc21. The van der Waals surface area contributed by atoms with E-state index in [9.17, 15) is 0 Å². The molecule has 0 amide bonds. The summed E-state index contributed by atoms with van der Waals surface area (Å²) < 4.78 is 7.72. The predicted molar refractivity (Wildman–Crippen MR) is 86.0 cm³/mol. The molecule has 2 aromatic rings. The van der Waals surface area contributed by atoms with Gasteiger partial charge in [0.05, 0.1) is 18.1 Å². The third kappa shape index (κ3) is 2.31. The molecule has 1 aromatic heterocycles. The molecule has 1 aliphatic heterocycles. The molecule has 1 aromatic carbocycles. The van der Waals surface area contributed by atoms with Gasteiger partial charge in [-0.3, -0.25) is 0 Å². The summed E-state index contributed by atoms with van der Waals surface area (Å²) in [7, 11) is 1.71. The van der Waals surface area contributed by atoms with Crippen molar-refractivity contribution < 1.29 is 4.74 Å². The monoisotopic (exact) mass is 287 g/mol. The zero-order valence-electron chi connectivity index (χ0n) is 13.3. The highest BCUT2D eigenvalue weighted by molar-refractivity contribution is 5.78. The summed E-state index contributed by atoms with van der Waals surface area (Å²) in [5.74, 6) is 2.12. The van der Waals surface area contributed by atoms with E-state index in [1.807, 2.05) is 12.1 Å². The van der Waals surface area contributed by atoms with Gasteiger partial charge in [0.2, 0.25) is 0 Å². The first-order chi connectivity index (χ1) is 10.2. The maximum absolute atomic E-state index is 5.34. The molecule has 1 aliphatic rings. The topological polar surface area (TPSA) is 39.1 Å². The first-order valence-electron chi connectivity index (χ1n) is 7.99. The summed E-state index contributed by atoms with van der Waals surface area (Å²) in [5, 5.41) is 3.57. The highest BCUT2D eigenvalue weighted by Crippen LogP contribution is 2.36. The normalized spacial score (nSPS) is 22.6. The van der Waals surface area contributed by atoms with Crippen LogP contribution in [-0.2, 0) is 12.0 Å². The van der Waals surface area contributed by atoms with E-state index in [0.717, 1.165) is 37.3 Å². The first kappa shape index (κ1) is 14.4. The molecule has 3 rings (SSSR count). The van der Waals surface area contributed by atoms with Crippen molar-refractivity contribution in [3.8, 4) is 5.75 Å². The van der Waals surface area contributed by atoms with E-state index in [4.69, 9.17) is 9.72 Å². The lowest BCUT2D eigenvalue weighted by atomic mass is 9.77. The fraction of sp³-hybridized carbons (Fsp3) is 0.588. The van der Waals surface area contributed by atoms with Crippen molar-refractivity contribution in [3.05, 3.63) is 24.0 Å². The average Bonchev–Trinajstić information content (AvgIpc) is 2.93. The zero-order chi connectivity index (χ0) is 14.9. The number of methoxy groups -OCH3 is 1. The number of nitrogens with zero attached hydrogens (tertiary/aromatic N) is 2. The number of rotatable bonds is 4. The molecule has 1 fully saturated rings. The molecule has 1 atom stereocenters. The summed E-state index contributed by atoms with van der Waals surface area (Å²) in [5.41, 5.74) is 2.43. The van der Waals surface area contributed by atoms with Crippen LogP contribution in [0.15, 0.2) is 18.2 Å². The minimum Gasteiger partial charge on any atom is -0.497 e. The number of piperidine rings is 1. The molecule has 114 valence electrons. The highest BCUT2D eigenvalue weighted by Gasteiger charge is 2.36. The van der Waals surface area contributed by atoms with E-state index >= 15 is 0 Å². The minimum atomic E-state index is 0.167. The third-order valence-corrected chi connectivity index (χ3v) is 4.90. The van der Waals surface area contributed by atoms with Gasteiger partial charge in [-0.25, -0.2) is 4.98 Å².